The van der Waals surface area contributed by atoms with E-state index in [1.165, 1.54) is 21.1 Å². The number of piperazine rings is 1. The van der Waals surface area contributed by atoms with Crippen LogP contribution in [0.25, 0.3) is 22.4 Å². The lowest BCUT2D eigenvalue weighted by Crippen LogP contribution is -2.49. The fourth-order valence-electron chi connectivity index (χ4n) is 4.65. The van der Waals surface area contributed by atoms with Crippen molar-refractivity contribution in [3.05, 3.63) is 52.7 Å². The molecule has 4 aromatic rings. The molecule has 38 heavy (non-hydrogen) atoms. The van der Waals surface area contributed by atoms with Crippen LogP contribution in [0.2, 0.25) is 0 Å². The molecule has 0 saturated carbocycles. The average molecular weight is 539 g/mol. The molecule has 13 heteroatoms. The number of rotatable bonds is 8. The van der Waals surface area contributed by atoms with Crippen LogP contribution in [0, 0.1) is 0 Å². The summed E-state index contributed by atoms with van der Waals surface area (Å²) >= 11 is 0. The maximum Gasteiger partial charge on any atom is 0.277 e. The average Bonchev–Trinajstić information content (AvgIpc) is 3.25. The number of hydrogen-bond donors (Lipinski definition) is 1. The third-order valence-electron chi connectivity index (χ3n) is 6.47. The van der Waals surface area contributed by atoms with Crippen molar-refractivity contribution >= 4 is 27.0 Å². The van der Waals surface area contributed by atoms with Crippen LogP contribution in [0.15, 0.2) is 46.3 Å². The molecule has 4 heterocycles. The van der Waals surface area contributed by atoms with Crippen LogP contribution in [0.1, 0.15) is 26.0 Å². The van der Waals surface area contributed by atoms with E-state index < -0.39 is 10.0 Å². The van der Waals surface area contributed by atoms with Crippen molar-refractivity contribution in [3.63, 3.8) is 0 Å². The molecule has 3 aromatic heterocycles. The molecule has 1 N–H and O–H groups in total. The van der Waals surface area contributed by atoms with Crippen LogP contribution in [-0.2, 0) is 23.5 Å². The Hall–Kier alpha value is -3.84. The first-order chi connectivity index (χ1) is 18.3. The van der Waals surface area contributed by atoms with Gasteiger partial charge in [0.05, 0.1) is 22.8 Å². The minimum atomic E-state index is -3.82. The topological polar surface area (TPSA) is 139 Å². The molecule has 200 valence electrons. The Morgan fingerprint density at radius 1 is 1.08 bits per heavy atom. The number of anilines is 1. The predicted octanol–water partition coefficient (Wildman–Crippen LogP) is 1.98. The van der Waals surface area contributed by atoms with Gasteiger partial charge in [-0.3, -0.25) is 9.48 Å². The number of sulfonamides is 1. The SMILES string of the molecule is CCCc1nn(C)c2c(=O)[nH]c(-c3cc(S(=O)(=O)N4CCN(c5ncccn5)CC4)ccc3OCC)nc12. The highest BCUT2D eigenvalue weighted by Gasteiger charge is 2.30. The van der Waals surface area contributed by atoms with Gasteiger partial charge in [0.15, 0.2) is 5.52 Å². The van der Waals surface area contributed by atoms with E-state index in [1.807, 2.05) is 18.7 Å². The number of H-pyrrole nitrogens is 1. The van der Waals surface area contributed by atoms with Crippen molar-refractivity contribution in [2.45, 2.75) is 31.6 Å². The third-order valence-corrected chi connectivity index (χ3v) is 8.36. The van der Waals surface area contributed by atoms with Crippen LogP contribution in [0.3, 0.4) is 0 Å². The van der Waals surface area contributed by atoms with E-state index in [0.29, 0.717) is 67.5 Å². The van der Waals surface area contributed by atoms with Gasteiger partial charge in [0.1, 0.15) is 17.1 Å². The molecule has 1 aliphatic heterocycles. The van der Waals surface area contributed by atoms with Crippen LogP contribution in [0.4, 0.5) is 5.95 Å². The van der Waals surface area contributed by atoms with E-state index >= 15 is 0 Å². The van der Waals surface area contributed by atoms with Gasteiger partial charge in [-0.25, -0.2) is 23.4 Å². The zero-order valence-electron chi connectivity index (χ0n) is 21.6. The first kappa shape index (κ1) is 25.8. The van der Waals surface area contributed by atoms with E-state index in [4.69, 9.17) is 9.72 Å². The van der Waals surface area contributed by atoms with Gasteiger partial charge in [-0.1, -0.05) is 13.3 Å². The van der Waals surface area contributed by atoms with Crippen molar-refractivity contribution in [2.75, 3.05) is 37.7 Å². The second-order valence-electron chi connectivity index (χ2n) is 8.96. The van der Waals surface area contributed by atoms with Gasteiger partial charge in [0.25, 0.3) is 5.56 Å². The largest absolute Gasteiger partial charge is 0.493 e. The molecule has 0 bridgehead atoms. The zero-order chi connectivity index (χ0) is 26.9. The van der Waals surface area contributed by atoms with Gasteiger partial charge in [-0.15, -0.1) is 0 Å². The number of nitrogens with zero attached hydrogens (tertiary/aromatic N) is 7. The number of benzene rings is 1. The highest BCUT2D eigenvalue weighted by Crippen LogP contribution is 2.32. The predicted molar refractivity (Wildman–Crippen MR) is 143 cm³/mol. The molecule has 1 fully saturated rings. The molecule has 0 radical (unpaired) electrons. The number of hydrogen-bond acceptors (Lipinski definition) is 9. The summed E-state index contributed by atoms with van der Waals surface area (Å²) in [7, 11) is -2.11. The van der Waals surface area contributed by atoms with Crippen molar-refractivity contribution < 1.29 is 13.2 Å². The lowest BCUT2D eigenvalue weighted by atomic mass is 10.1. The first-order valence-corrected chi connectivity index (χ1v) is 14.0. The molecule has 12 nitrogen and oxygen atoms in total. The van der Waals surface area contributed by atoms with E-state index in [2.05, 4.69) is 20.1 Å². The number of fused-ring (bicyclic) bond motifs is 1. The minimum absolute atomic E-state index is 0.100. The number of aromatic amines is 1. The Morgan fingerprint density at radius 2 is 1.82 bits per heavy atom. The van der Waals surface area contributed by atoms with Gasteiger partial charge in [0.2, 0.25) is 16.0 Å². The summed E-state index contributed by atoms with van der Waals surface area (Å²) in [5.74, 6) is 1.25. The minimum Gasteiger partial charge on any atom is -0.493 e. The normalized spacial score (nSPS) is 14.8. The summed E-state index contributed by atoms with van der Waals surface area (Å²) in [5.41, 5.74) is 1.65. The molecule has 5 rings (SSSR count). The highest BCUT2D eigenvalue weighted by atomic mass is 32.2. The second-order valence-corrected chi connectivity index (χ2v) is 10.9. The Bertz CT molecular complexity index is 1610. The molecular formula is C25H30N8O4S. The van der Waals surface area contributed by atoms with E-state index in [-0.39, 0.29) is 16.3 Å². The van der Waals surface area contributed by atoms with Crippen molar-refractivity contribution in [1.29, 1.82) is 0 Å². The molecule has 0 aliphatic carbocycles. The Morgan fingerprint density at radius 3 is 2.50 bits per heavy atom. The Balaban J connectivity index is 1.51. The number of aromatic nitrogens is 6. The highest BCUT2D eigenvalue weighted by molar-refractivity contribution is 7.89. The molecule has 0 atom stereocenters. The fourth-order valence-corrected chi connectivity index (χ4v) is 6.10. The standard InChI is InChI=1S/C25H30N8O4S/c1-4-7-19-21-22(31(3)30-19)24(34)29-23(28-21)18-16-17(8-9-20(18)37-5-2)38(35,36)33-14-12-32(13-15-33)25-26-10-6-11-27-25/h6,8-11,16H,4-5,7,12-15H2,1-3H3,(H,28,29,34). The van der Waals surface area contributed by atoms with Crippen molar-refractivity contribution in [1.82, 2.24) is 34.0 Å². The molecule has 0 spiro atoms. The molecule has 1 aliphatic rings. The summed E-state index contributed by atoms with van der Waals surface area (Å²) < 4.78 is 36.0. The van der Waals surface area contributed by atoms with E-state index in [1.54, 1.807) is 31.6 Å². The lowest BCUT2D eigenvalue weighted by molar-refractivity contribution is 0.341. The summed E-state index contributed by atoms with van der Waals surface area (Å²) in [4.78, 5) is 31.1. The van der Waals surface area contributed by atoms with E-state index in [9.17, 15) is 13.2 Å². The number of nitrogens with one attached hydrogen (secondary N) is 1. The fraction of sp³-hybridized carbons (Fsp3) is 0.400. The molecule has 1 saturated heterocycles. The maximum atomic E-state index is 13.6. The quantitative estimate of drug-likeness (QED) is 0.357. The van der Waals surface area contributed by atoms with Crippen LogP contribution in [0.5, 0.6) is 5.75 Å². The molecule has 0 amide bonds. The van der Waals surface area contributed by atoms with E-state index in [0.717, 1.165) is 12.1 Å². The third kappa shape index (κ3) is 4.74. The summed E-state index contributed by atoms with van der Waals surface area (Å²) in [6, 6.07) is 6.40. The molecule has 1 aromatic carbocycles. The summed E-state index contributed by atoms with van der Waals surface area (Å²) in [6.07, 6.45) is 4.84. The Kier molecular flexibility index (Phi) is 7.13. The van der Waals surface area contributed by atoms with Crippen molar-refractivity contribution in [2.24, 2.45) is 7.05 Å². The number of ether oxygens (including phenoxy) is 1. The molecular weight excluding hydrogens is 508 g/mol. The summed E-state index contributed by atoms with van der Waals surface area (Å²) in [5, 5.41) is 4.47. The molecule has 0 unspecified atom stereocenters. The maximum absolute atomic E-state index is 13.6. The van der Waals surface area contributed by atoms with Gasteiger partial charge in [-0.2, -0.15) is 9.40 Å². The number of aryl methyl sites for hydroxylation is 2. The summed E-state index contributed by atoms with van der Waals surface area (Å²) in [6.45, 7) is 5.76. The van der Waals surface area contributed by atoms with Gasteiger partial charge >= 0.3 is 0 Å². The smallest absolute Gasteiger partial charge is 0.277 e. The first-order valence-electron chi connectivity index (χ1n) is 12.6. The monoisotopic (exact) mass is 538 g/mol. The lowest BCUT2D eigenvalue weighted by Gasteiger charge is -2.34. The van der Waals surface area contributed by atoms with Gasteiger partial charge in [0, 0.05) is 45.6 Å². The zero-order valence-corrected chi connectivity index (χ0v) is 22.4. The Labute approximate surface area is 220 Å². The van der Waals surface area contributed by atoms with Gasteiger partial charge < -0.3 is 14.6 Å². The van der Waals surface area contributed by atoms with Gasteiger partial charge in [-0.05, 0) is 37.6 Å². The van der Waals surface area contributed by atoms with Crippen LogP contribution in [-0.4, -0.2) is 75.2 Å². The van der Waals surface area contributed by atoms with Crippen LogP contribution < -0.4 is 15.2 Å². The van der Waals surface area contributed by atoms with Crippen molar-refractivity contribution in [3.8, 4) is 17.1 Å². The van der Waals surface area contributed by atoms with Crippen LogP contribution >= 0.6 is 0 Å². The second kappa shape index (κ2) is 10.5.